The van der Waals surface area contributed by atoms with E-state index in [2.05, 4.69) is 13.0 Å². The van der Waals surface area contributed by atoms with Crippen molar-refractivity contribution < 1.29 is 10.2 Å². The van der Waals surface area contributed by atoms with Gasteiger partial charge in [-0.2, -0.15) is 0 Å². The Kier molecular flexibility index (Phi) is 5.09. The van der Waals surface area contributed by atoms with E-state index in [0.717, 1.165) is 33.0 Å². The third kappa shape index (κ3) is 3.50. The summed E-state index contributed by atoms with van der Waals surface area (Å²) in [4.78, 5) is 5.99. The largest absolute Gasteiger partial charge is 0.508 e. The summed E-state index contributed by atoms with van der Waals surface area (Å²) in [5.41, 5.74) is 5.07. The van der Waals surface area contributed by atoms with E-state index < -0.39 is 0 Å². The number of nitrogens with zero attached hydrogens (tertiary/aromatic N) is 1. The summed E-state index contributed by atoms with van der Waals surface area (Å²) >= 11 is 8.03. The third-order valence-corrected chi connectivity index (χ3v) is 6.84. The maximum Gasteiger partial charge on any atom is 0.125 e. The predicted octanol–water partition coefficient (Wildman–Crippen LogP) is 6.73. The molecule has 0 saturated carbocycles. The van der Waals surface area contributed by atoms with E-state index in [9.17, 15) is 10.2 Å². The summed E-state index contributed by atoms with van der Waals surface area (Å²) in [6, 6.07) is 16.9. The maximum atomic E-state index is 10.6. The molecule has 5 heteroatoms. The lowest BCUT2D eigenvalue weighted by Crippen LogP contribution is -2.06. The molecule has 3 aromatic carbocycles. The third-order valence-electron chi connectivity index (χ3n) is 4.96. The van der Waals surface area contributed by atoms with Crippen LogP contribution >= 0.6 is 23.4 Å². The van der Waals surface area contributed by atoms with Gasteiger partial charge in [0.1, 0.15) is 11.5 Å². The van der Waals surface area contributed by atoms with Gasteiger partial charge in [0.2, 0.25) is 0 Å². The number of thioether (sulfide) groups is 1. The van der Waals surface area contributed by atoms with Crippen LogP contribution in [0.5, 0.6) is 11.5 Å². The van der Waals surface area contributed by atoms with E-state index in [0.29, 0.717) is 17.0 Å². The van der Waals surface area contributed by atoms with Gasteiger partial charge in [-0.25, -0.2) is 0 Å². The van der Waals surface area contributed by atoms with E-state index in [-0.39, 0.29) is 16.7 Å². The predicted molar refractivity (Wildman–Crippen MR) is 117 cm³/mol. The highest BCUT2D eigenvalue weighted by molar-refractivity contribution is 7.99. The van der Waals surface area contributed by atoms with E-state index in [1.54, 1.807) is 30.0 Å². The van der Waals surface area contributed by atoms with Crippen LogP contribution in [0.3, 0.4) is 0 Å². The molecule has 0 aromatic heterocycles. The van der Waals surface area contributed by atoms with Gasteiger partial charge in [-0.05, 0) is 49.2 Å². The highest BCUT2D eigenvalue weighted by atomic mass is 35.5. The molecule has 3 aromatic rings. The van der Waals surface area contributed by atoms with E-state index in [4.69, 9.17) is 16.6 Å². The molecular formula is C23H20ClNO2S. The van der Waals surface area contributed by atoms with Gasteiger partial charge in [0.25, 0.3) is 0 Å². The molecule has 1 aliphatic heterocycles. The zero-order valence-corrected chi connectivity index (χ0v) is 17.2. The number of hydrogen-bond acceptors (Lipinski definition) is 4. The minimum absolute atomic E-state index is 0.0400. The number of para-hydroxylation sites is 1. The van der Waals surface area contributed by atoms with Gasteiger partial charge in [-0.3, -0.25) is 4.99 Å². The molecule has 2 N–H and O–H groups in total. The van der Waals surface area contributed by atoms with Gasteiger partial charge < -0.3 is 10.2 Å². The van der Waals surface area contributed by atoms with Gasteiger partial charge in [0, 0.05) is 32.7 Å². The van der Waals surface area contributed by atoms with Crippen molar-refractivity contribution in [1.29, 1.82) is 0 Å². The van der Waals surface area contributed by atoms with E-state index in [1.807, 2.05) is 37.3 Å². The quantitative estimate of drug-likeness (QED) is 0.493. The second-order valence-corrected chi connectivity index (χ2v) is 8.59. The highest BCUT2D eigenvalue weighted by Crippen LogP contribution is 2.49. The molecule has 1 unspecified atom stereocenters. The first-order valence-electron chi connectivity index (χ1n) is 9.05. The number of fused-ring (bicyclic) bond motifs is 1. The summed E-state index contributed by atoms with van der Waals surface area (Å²) in [6.07, 6.45) is 0.559. The lowest BCUT2D eigenvalue weighted by molar-refractivity contribution is 0.468. The van der Waals surface area contributed by atoms with Gasteiger partial charge in [0.15, 0.2) is 0 Å². The summed E-state index contributed by atoms with van der Waals surface area (Å²) in [7, 11) is 0. The van der Waals surface area contributed by atoms with Crippen LogP contribution in [-0.2, 0) is 0 Å². The number of aryl methyl sites for hydroxylation is 2. The van der Waals surface area contributed by atoms with Gasteiger partial charge in [-0.15, -0.1) is 11.8 Å². The zero-order valence-electron chi connectivity index (χ0n) is 15.6. The first-order valence-corrected chi connectivity index (χ1v) is 10.3. The molecule has 1 aliphatic rings. The van der Waals surface area contributed by atoms with Gasteiger partial charge >= 0.3 is 0 Å². The van der Waals surface area contributed by atoms with Crippen LogP contribution in [0.15, 0.2) is 64.5 Å². The van der Waals surface area contributed by atoms with Crippen LogP contribution < -0.4 is 0 Å². The van der Waals surface area contributed by atoms with Crippen molar-refractivity contribution in [1.82, 2.24) is 0 Å². The van der Waals surface area contributed by atoms with Crippen molar-refractivity contribution in [2.45, 2.75) is 30.4 Å². The molecule has 0 fully saturated rings. The van der Waals surface area contributed by atoms with Gasteiger partial charge in [0.05, 0.1) is 11.4 Å². The Labute approximate surface area is 173 Å². The summed E-state index contributed by atoms with van der Waals surface area (Å²) in [5, 5.41) is 21.6. The summed E-state index contributed by atoms with van der Waals surface area (Å²) in [5.74, 6) is 0.431. The topological polar surface area (TPSA) is 52.8 Å². The fourth-order valence-corrected chi connectivity index (χ4v) is 4.93. The second kappa shape index (κ2) is 7.53. The average molecular weight is 410 g/mol. The van der Waals surface area contributed by atoms with Crippen molar-refractivity contribution >= 4 is 34.8 Å². The normalized spacial score (nSPS) is 16.2. The molecule has 0 bridgehead atoms. The summed E-state index contributed by atoms with van der Waals surface area (Å²) in [6.45, 7) is 3.93. The van der Waals surface area contributed by atoms with Gasteiger partial charge in [-0.1, -0.05) is 41.9 Å². The van der Waals surface area contributed by atoms with Crippen molar-refractivity contribution in [3.63, 3.8) is 0 Å². The Morgan fingerprint density at radius 1 is 0.964 bits per heavy atom. The number of aromatic hydroxyl groups is 2. The lowest BCUT2D eigenvalue weighted by atomic mass is 9.99. The van der Waals surface area contributed by atoms with E-state index in [1.165, 1.54) is 0 Å². The molecule has 0 amide bonds. The number of hydrogen-bond donors (Lipinski definition) is 2. The number of rotatable bonds is 2. The fraction of sp³-hybridized carbons (Fsp3) is 0.174. The van der Waals surface area contributed by atoms with Crippen molar-refractivity contribution in [3.8, 4) is 11.5 Å². The number of phenols is 2. The average Bonchev–Trinajstić information content (AvgIpc) is 2.86. The second-order valence-electron chi connectivity index (χ2n) is 6.97. The maximum absolute atomic E-state index is 10.6. The van der Waals surface area contributed by atoms with Crippen molar-refractivity contribution in [2.24, 2.45) is 4.99 Å². The van der Waals surface area contributed by atoms with Crippen LogP contribution in [0.1, 0.15) is 33.9 Å². The van der Waals surface area contributed by atoms with Crippen LogP contribution in [0.2, 0.25) is 5.02 Å². The van der Waals surface area contributed by atoms with Crippen molar-refractivity contribution in [2.75, 3.05) is 0 Å². The van der Waals surface area contributed by atoms with Crippen molar-refractivity contribution in [3.05, 3.63) is 81.9 Å². The fourth-order valence-electron chi connectivity index (χ4n) is 3.43. The van der Waals surface area contributed by atoms with Crippen LogP contribution in [0, 0.1) is 13.8 Å². The van der Waals surface area contributed by atoms with E-state index >= 15 is 0 Å². The first-order chi connectivity index (χ1) is 13.4. The molecule has 1 heterocycles. The summed E-state index contributed by atoms with van der Waals surface area (Å²) < 4.78 is 0. The Balaban J connectivity index is 1.90. The monoisotopic (exact) mass is 409 g/mol. The lowest BCUT2D eigenvalue weighted by Gasteiger charge is -2.18. The number of aliphatic imine (C=N–C) groups is 1. The molecule has 0 aliphatic carbocycles. The molecule has 4 rings (SSSR count). The number of halogens is 1. The molecule has 28 heavy (non-hydrogen) atoms. The molecule has 142 valence electrons. The number of phenolic OH excluding ortho intramolecular Hbond substituents is 2. The SMILES string of the molecule is Cc1cc(O)c(C2=Nc3cccc(C)c3SC(c3ccccc3O)C2)cc1Cl. The molecule has 0 spiro atoms. The standard InChI is InChI=1S/C23H20ClNO2S/c1-13-6-5-8-18-23(13)28-22(15-7-3-4-9-20(15)26)12-19(25-18)16-11-17(24)14(2)10-21(16)27/h3-11,22,26-27H,12H2,1-2H3. The Morgan fingerprint density at radius 3 is 2.54 bits per heavy atom. The van der Waals surface area contributed by atoms with Crippen LogP contribution in [0.4, 0.5) is 5.69 Å². The van der Waals surface area contributed by atoms with Crippen LogP contribution in [-0.4, -0.2) is 15.9 Å². The Bertz CT molecular complexity index is 1090. The molecular weight excluding hydrogens is 390 g/mol. The Morgan fingerprint density at radius 2 is 1.75 bits per heavy atom. The smallest absolute Gasteiger partial charge is 0.125 e. The Hall–Kier alpha value is -2.43. The number of benzene rings is 3. The first kappa shape index (κ1) is 18.9. The molecule has 0 saturated heterocycles. The minimum Gasteiger partial charge on any atom is -0.508 e. The molecule has 1 atom stereocenters. The molecule has 0 radical (unpaired) electrons. The zero-order chi connectivity index (χ0) is 19.8. The highest BCUT2D eigenvalue weighted by Gasteiger charge is 2.26. The minimum atomic E-state index is -0.0400. The molecule has 3 nitrogen and oxygen atoms in total. The van der Waals surface area contributed by atoms with Crippen LogP contribution in [0.25, 0.3) is 0 Å².